The van der Waals surface area contributed by atoms with Crippen LogP contribution in [0.1, 0.15) is 33.6 Å². The van der Waals surface area contributed by atoms with Gasteiger partial charge in [0.15, 0.2) is 0 Å². The number of carboxylic acids is 1. The Bertz CT molecular complexity index is 766. The largest absolute Gasteiger partial charge is 0.493 e. The third-order valence-corrected chi connectivity index (χ3v) is 4.31. The summed E-state index contributed by atoms with van der Waals surface area (Å²) in [5.41, 5.74) is 0.994. The van der Waals surface area contributed by atoms with E-state index in [1.54, 1.807) is 24.3 Å². The predicted octanol–water partition coefficient (Wildman–Crippen LogP) is 3.44. The fraction of sp³-hybridized carbons (Fsp3) is 0.300. The molecule has 1 fully saturated rings. The van der Waals surface area contributed by atoms with Crippen molar-refractivity contribution < 1.29 is 24.2 Å². The summed E-state index contributed by atoms with van der Waals surface area (Å²) in [6, 6.07) is 13.1. The van der Waals surface area contributed by atoms with Gasteiger partial charge in [0.1, 0.15) is 5.75 Å². The standard InChI is InChI=1S/C20H21NO5/c22-19(15-2-1-3-16(12-15)20(23)24)21-17-4-6-18(7-5-17)26-13-14-8-10-25-11-9-14/h1-7,12,14H,8-11,13H2,(H,21,22)(H,23,24). The molecule has 6 nitrogen and oxygen atoms in total. The zero-order chi connectivity index (χ0) is 18.4. The maximum absolute atomic E-state index is 12.3. The van der Waals surface area contributed by atoms with Gasteiger partial charge in [0, 0.05) is 24.5 Å². The van der Waals surface area contributed by atoms with E-state index < -0.39 is 5.97 Å². The Hall–Kier alpha value is -2.86. The SMILES string of the molecule is O=C(O)c1cccc(C(=O)Nc2ccc(OCC3CCOCC3)cc2)c1. The number of carbonyl (C=O) groups is 2. The number of ether oxygens (including phenoxy) is 2. The molecule has 26 heavy (non-hydrogen) atoms. The first-order valence-corrected chi connectivity index (χ1v) is 8.57. The third-order valence-electron chi connectivity index (χ3n) is 4.31. The van der Waals surface area contributed by atoms with Gasteiger partial charge in [0.05, 0.1) is 12.2 Å². The number of carbonyl (C=O) groups excluding carboxylic acids is 1. The van der Waals surface area contributed by atoms with Gasteiger partial charge in [0.25, 0.3) is 5.91 Å². The molecule has 2 N–H and O–H groups in total. The first-order chi connectivity index (χ1) is 12.6. The Morgan fingerprint density at radius 3 is 2.46 bits per heavy atom. The number of benzene rings is 2. The van der Waals surface area contributed by atoms with E-state index in [1.807, 2.05) is 12.1 Å². The maximum Gasteiger partial charge on any atom is 0.335 e. The van der Waals surface area contributed by atoms with E-state index in [0.717, 1.165) is 31.8 Å². The van der Waals surface area contributed by atoms with E-state index in [9.17, 15) is 9.59 Å². The van der Waals surface area contributed by atoms with Crippen LogP contribution in [0.25, 0.3) is 0 Å². The molecule has 1 heterocycles. The molecule has 0 aromatic heterocycles. The number of aromatic carboxylic acids is 1. The van der Waals surface area contributed by atoms with Crippen LogP contribution < -0.4 is 10.1 Å². The molecule has 0 saturated carbocycles. The van der Waals surface area contributed by atoms with Gasteiger partial charge in [-0.1, -0.05) is 6.07 Å². The molecule has 0 unspecified atom stereocenters. The Kier molecular flexibility index (Phi) is 5.86. The molecule has 1 amide bonds. The van der Waals surface area contributed by atoms with Crippen LogP contribution in [0.15, 0.2) is 48.5 Å². The number of nitrogens with one attached hydrogen (secondary N) is 1. The van der Waals surface area contributed by atoms with Crippen LogP contribution in [0.5, 0.6) is 5.75 Å². The fourth-order valence-electron chi connectivity index (χ4n) is 2.76. The number of rotatable bonds is 6. The minimum Gasteiger partial charge on any atom is -0.493 e. The highest BCUT2D eigenvalue weighted by Gasteiger charge is 2.14. The summed E-state index contributed by atoms with van der Waals surface area (Å²) in [5.74, 6) is -0.151. The highest BCUT2D eigenvalue weighted by molar-refractivity contribution is 6.05. The summed E-state index contributed by atoms with van der Waals surface area (Å²) < 4.78 is 11.1. The lowest BCUT2D eigenvalue weighted by Crippen LogP contribution is -2.21. The zero-order valence-electron chi connectivity index (χ0n) is 14.3. The van der Waals surface area contributed by atoms with Crippen molar-refractivity contribution >= 4 is 17.6 Å². The Labute approximate surface area is 151 Å². The molecule has 0 aliphatic carbocycles. The van der Waals surface area contributed by atoms with Gasteiger partial charge in [-0.15, -0.1) is 0 Å². The van der Waals surface area contributed by atoms with E-state index >= 15 is 0 Å². The highest BCUT2D eigenvalue weighted by Crippen LogP contribution is 2.20. The number of carboxylic acid groups (broad SMARTS) is 1. The van der Waals surface area contributed by atoms with Gasteiger partial charge in [-0.05, 0) is 61.2 Å². The van der Waals surface area contributed by atoms with E-state index in [1.165, 1.54) is 12.1 Å². The average molecular weight is 355 g/mol. The van der Waals surface area contributed by atoms with Crippen LogP contribution >= 0.6 is 0 Å². The zero-order valence-corrected chi connectivity index (χ0v) is 14.3. The second kappa shape index (κ2) is 8.49. The highest BCUT2D eigenvalue weighted by atomic mass is 16.5. The third kappa shape index (κ3) is 4.83. The molecule has 0 bridgehead atoms. The first-order valence-electron chi connectivity index (χ1n) is 8.57. The van der Waals surface area contributed by atoms with E-state index in [0.29, 0.717) is 23.8 Å². The molecule has 6 heteroatoms. The smallest absolute Gasteiger partial charge is 0.335 e. The molecular formula is C20H21NO5. The summed E-state index contributed by atoms with van der Waals surface area (Å²) >= 11 is 0. The van der Waals surface area contributed by atoms with Crippen LogP contribution in [0.4, 0.5) is 5.69 Å². The molecule has 2 aromatic carbocycles. The van der Waals surface area contributed by atoms with Crippen LogP contribution in [0.3, 0.4) is 0 Å². The first kappa shape index (κ1) is 17.9. The average Bonchev–Trinajstić information content (AvgIpc) is 2.68. The van der Waals surface area contributed by atoms with Crippen molar-refractivity contribution in [2.24, 2.45) is 5.92 Å². The minimum absolute atomic E-state index is 0.0783. The van der Waals surface area contributed by atoms with Crippen molar-refractivity contribution in [2.75, 3.05) is 25.1 Å². The van der Waals surface area contributed by atoms with Gasteiger partial charge in [-0.2, -0.15) is 0 Å². The Balaban J connectivity index is 1.55. The molecular weight excluding hydrogens is 334 g/mol. The summed E-state index contributed by atoms with van der Waals surface area (Å²) in [6.45, 7) is 2.25. The van der Waals surface area contributed by atoms with Crippen LogP contribution in [-0.4, -0.2) is 36.8 Å². The summed E-state index contributed by atoms with van der Waals surface area (Å²) in [6.07, 6.45) is 2.03. The lowest BCUT2D eigenvalue weighted by molar-refractivity contribution is 0.0497. The number of hydrogen-bond acceptors (Lipinski definition) is 4. The molecule has 0 spiro atoms. The van der Waals surface area contributed by atoms with Gasteiger partial charge in [-0.25, -0.2) is 4.79 Å². The second-order valence-corrected chi connectivity index (χ2v) is 6.23. The van der Waals surface area contributed by atoms with Crippen LogP contribution in [0.2, 0.25) is 0 Å². The van der Waals surface area contributed by atoms with Gasteiger partial charge < -0.3 is 19.9 Å². The molecule has 2 aromatic rings. The molecule has 1 aliphatic heterocycles. The topological polar surface area (TPSA) is 84.9 Å². The van der Waals surface area contributed by atoms with Crippen molar-refractivity contribution in [3.63, 3.8) is 0 Å². The lowest BCUT2D eigenvalue weighted by Gasteiger charge is -2.22. The summed E-state index contributed by atoms with van der Waals surface area (Å²) in [5, 5.41) is 11.8. The van der Waals surface area contributed by atoms with Gasteiger partial charge in [0.2, 0.25) is 0 Å². The van der Waals surface area contributed by atoms with Gasteiger partial charge in [-0.3, -0.25) is 4.79 Å². The molecule has 3 rings (SSSR count). The van der Waals surface area contributed by atoms with E-state index in [4.69, 9.17) is 14.6 Å². The lowest BCUT2D eigenvalue weighted by atomic mass is 10.0. The quantitative estimate of drug-likeness (QED) is 0.829. The summed E-state index contributed by atoms with van der Waals surface area (Å²) in [7, 11) is 0. The number of anilines is 1. The summed E-state index contributed by atoms with van der Waals surface area (Å²) in [4.78, 5) is 23.3. The molecule has 136 valence electrons. The number of amides is 1. The Morgan fingerprint density at radius 2 is 1.77 bits per heavy atom. The monoisotopic (exact) mass is 355 g/mol. The van der Waals surface area contributed by atoms with Crippen LogP contribution in [0, 0.1) is 5.92 Å². The van der Waals surface area contributed by atoms with Gasteiger partial charge >= 0.3 is 5.97 Å². The van der Waals surface area contributed by atoms with Crippen molar-refractivity contribution in [1.29, 1.82) is 0 Å². The van der Waals surface area contributed by atoms with Crippen molar-refractivity contribution in [3.8, 4) is 5.75 Å². The molecule has 1 aliphatic rings. The normalized spacial score (nSPS) is 14.6. The maximum atomic E-state index is 12.3. The fourth-order valence-corrected chi connectivity index (χ4v) is 2.76. The molecule has 0 atom stereocenters. The van der Waals surface area contributed by atoms with Crippen molar-refractivity contribution in [2.45, 2.75) is 12.8 Å². The molecule has 0 radical (unpaired) electrons. The van der Waals surface area contributed by atoms with Crippen molar-refractivity contribution in [1.82, 2.24) is 0 Å². The second-order valence-electron chi connectivity index (χ2n) is 6.23. The minimum atomic E-state index is -1.06. The van der Waals surface area contributed by atoms with E-state index in [-0.39, 0.29) is 11.5 Å². The van der Waals surface area contributed by atoms with E-state index in [2.05, 4.69) is 5.32 Å². The molecule has 1 saturated heterocycles. The van der Waals surface area contributed by atoms with Crippen molar-refractivity contribution in [3.05, 3.63) is 59.7 Å². The predicted molar refractivity (Wildman–Crippen MR) is 96.8 cm³/mol. The van der Waals surface area contributed by atoms with Crippen LogP contribution in [-0.2, 0) is 4.74 Å². The number of hydrogen-bond donors (Lipinski definition) is 2. The Morgan fingerprint density at radius 1 is 1.08 bits per heavy atom.